The van der Waals surface area contributed by atoms with E-state index in [-0.39, 0.29) is 5.69 Å². The number of nitrogens with two attached hydrogens (primary N) is 1. The van der Waals surface area contributed by atoms with Gasteiger partial charge in [-0.05, 0) is 43.8 Å². The van der Waals surface area contributed by atoms with E-state index in [0.717, 1.165) is 18.5 Å². The highest BCUT2D eigenvalue weighted by Crippen LogP contribution is 2.21. The second-order valence-corrected chi connectivity index (χ2v) is 5.16. The molecular formula is C18H25N5O3. The number of nitrogens with one attached hydrogen (secondary N) is 3. The standard InChI is InChI=1S/C17H20N4O3.CH5N/c1-2-9-18-10-12-7-8-15(19-11-12)16(22)20-13-5-3-4-6-14(13)21-17(23)24;1-2/h3-8,11,18,21H,2,9-10H2,1H3,(H,20,22)(H,23,24);2H2,1H3. The molecule has 0 aliphatic carbocycles. The number of pyridine rings is 1. The van der Waals surface area contributed by atoms with E-state index >= 15 is 0 Å². The summed E-state index contributed by atoms with van der Waals surface area (Å²) in [6.45, 7) is 3.72. The summed E-state index contributed by atoms with van der Waals surface area (Å²) >= 11 is 0. The molecule has 0 unspecified atom stereocenters. The molecule has 26 heavy (non-hydrogen) atoms. The van der Waals surface area contributed by atoms with E-state index < -0.39 is 12.0 Å². The van der Waals surface area contributed by atoms with Crippen LogP contribution in [0.4, 0.5) is 16.2 Å². The van der Waals surface area contributed by atoms with Gasteiger partial charge in [0.25, 0.3) is 5.91 Å². The van der Waals surface area contributed by atoms with Crippen LogP contribution >= 0.6 is 0 Å². The van der Waals surface area contributed by atoms with Gasteiger partial charge in [0.05, 0.1) is 11.4 Å². The highest BCUT2D eigenvalue weighted by molar-refractivity contribution is 6.05. The number of carbonyl (C=O) groups is 2. The lowest BCUT2D eigenvalue weighted by Crippen LogP contribution is -2.17. The molecule has 2 amide bonds. The molecule has 0 saturated carbocycles. The van der Waals surface area contributed by atoms with Crippen LogP contribution in [0.25, 0.3) is 0 Å². The van der Waals surface area contributed by atoms with E-state index in [1.807, 2.05) is 6.07 Å². The molecule has 0 radical (unpaired) electrons. The molecule has 0 spiro atoms. The minimum atomic E-state index is -1.20. The molecule has 0 aliphatic heterocycles. The normalized spacial score (nSPS) is 9.65. The maximum absolute atomic E-state index is 12.3. The molecule has 0 fully saturated rings. The van der Waals surface area contributed by atoms with Crippen molar-refractivity contribution in [2.45, 2.75) is 19.9 Å². The molecule has 1 aromatic heterocycles. The Balaban J connectivity index is 0.00000163. The van der Waals surface area contributed by atoms with Gasteiger partial charge in [-0.3, -0.25) is 15.1 Å². The summed E-state index contributed by atoms with van der Waals surface area (Å²) in [5.41, 5.74) is 6.44. The Morgan fingerprint density at radius 2 is 1.73 bits per heavy atom. The van der Waals surface area contributed by atoms with Gasteiger partial charge < -0.3 is 21.5 Å². The lowest BCUT2D eigenvalue weighted by Gasteiger charge is -2.10. The molecule has 2 aromatic rings. The molecule has 1 heterocycles. The van der Waals surface area contributed by atoms with Crippen LogP contribution in [0.3, 0.4) is 0 Å². The van der Waals surface area contributed by atoms with Crippen molar-refractivity contribution < 1.29 is 14.7 Å². The van der Waals surface area contributed by atoms with Crippen molar-refractivity contribution >= 4 is 23.4 Å². The average Bonchev–Trinajstić information content (AvgIpc) is 2.65. The number of anilines is 2. The number of nitrogens with zero attached hydrogens (tertiary/aromatic N) is 1. The van der Waals surface area contributed by atoms with Gasteiger partial charge in [0, 0.05) is 12.7 Å². The summed E-state index contributed by atoms with van der Waals surface area (Å²) in [5, 5.41) is 17.0. The SMILES string of the molecule is CCCNCc1ccc(C(=O)Nc2ccccc2NC(=O)O)nc1.CN. The summed E-state index contributed by atoms with van der Waals surface area (Å²) in [4.78, 5) is 27.2. The lowest BCUT2D eigenvalue weighted by atomic mass is 10.2. The van der Waals surface area contributed by atoms with Gasteiger partial charge in [-0.25, -0.2) is 4.79 Å². The summed E-state index contributed by atoms with van der Waals surface area (Å²) in [7, 11) is 1.50. The molecule has 2 rings (SSSR count). The lowest BCUT2D eigenvalue weighted by molar-refractivity contribution is 0.102. The van der Waals surface area contributed by atoms with E-state index in [9.17, 15) is 9.59 Å². The molecule has 0 saturated heterocycles. The first-order valence-electron chi connectivity index (χ1n) is 8.24. The van der Waals surface area contributed by atoms with E-state index in [1.54, 1.807) is 36.5 Å². The monoisotopic (exact) mass is 359 g/mol. The zero-order chi connectivity index (χ0) is 19.4. The van der Waals surface area contributed by atoms with E-state index in [2.05, 4.69) is 33.6 Å². The average molecular weight is 359 g/mol. The summed E-state index contributed by atoms with van der Waals surface area (Å²) in [6.07, 6.45) is 1.51. The first-order chi connectivity index (χ1) is 12.6. The van der Waals surface area contributed by atoms with Gasteiger partial charge in [-0.2, -0.15) is 0 Å². The Kier molecular flexibility index (Phi) is 9.37. The van der Waals surface area contributed by atoms with Crippen molar-refractivity contribution in [2.24, 2.45) is 5.73 Å². The topological polar surface area (TPSA) is 129 Å². The van der Waals surface area contributed by atoms with Crippen LogP contribution < -0.4 is 21.7 Å². The van der Waals surface area contributed by atoms with Gasteiger partial charge in [0.1, 0.15) is 5.69 Å². The largest absolute Gasteiger partial charge is 0.465 e. The highest BCUT2D eigenvalue weighted by atomic mass is 16.4. The number of rotatable bonds is 7. The van der Waals surface area contributed by atoms with Crippen LogP contribution in [-0.2, 0) is 6.54 Å². The minimum Gasteiger partial charge on any atom is -0.465 e. The van der Waals surface area contributed by atoms with Gasteiger partial charge in [-0.1, -0.05) is 25.1 Å². The Morgan fingerprint density at radius 3 is 2.27 bits per heavy atom. The Hall–Kier alpha value is -2.97. The number of aromatic nitrogens is 1. The van der Waals surface area contributed by atoms with Crippen LogP contribution in [0.15, 0.2) is 42.6 Å². The second kappa shape index (κ2) is 11.6. The molecule has 8 nitrogen and oxygen atoms in total. The Morgan fingerprint density at radius 1 is 1.08 bits per heavy atom. The van der Waals surface area contributed by atoms with Crippen molar-refractivity contribution in [1.82, 2.24) is 10.3 Å². The molecule has 0 atom stereocenters. The number of carboxylic acid groups (broad SMARTS) is 1. The zero-order valence-corrected chi connectivity index (χ0v) is 15.0. The first kappa shape index (κ1) is 21.1. The third-order valence-electron chi connectivity index (χ3n) is 3.23. The van der Waals surface area contributed by atoms with Crippen LogP contribution in [0, 0.1) is 0 Å². The molecule has 1 aromatic carbocycles. The Labute approximate surface area is 152 Å². The minimum absolute atomic E-state index is 0.263. The fourth-order valence-electron chi connectivity index (χ4n) is 2.08. The van der Waals surface area contributed by atoms with Gasteiger partial charge in [0.2, 0.25) is 0 Å². The van der Waals surface area contributed by atoms with Gasteiger partial charge >= 0.3 is 6.09 Å². The highest BCUT2D eigenvalue weighted by Gasteiger charge is 2.11. The number of amides is 2. The number of hydrogen-bond acceptors (Lipinski definition) is 5. The van der Waals surface area contributed by atoms with Crippen molar-refractivity contribution in [1.29, 1.82) is 0 Å². The number of hydrogen-bond donors (Lipinski definition) is 5. The van der Waals surface area contributed by atoms with Crippen LogP contribution in [-0.4, -0.2) is 35.7 Å². The molecule has 0 aliphatic rings. The van der Waals surface area contributed by atoms with Crippen LogP contribution in [0.5, 0.6) is 0 Å². The van der Waals surface area contributed by atoms with Crippen molar-refractivity contribution in [3.8, 4) is 0 Å². The number of benzene rings is 1. The van der Waals surface area contributed by atoms with E-state index in [0.29, 0.717) is 17.9 Å². The summed E-state index contributed by atoms with van der Waals surface area (Å²) in [6, 6.07) is 10.1. The fraction of sp³-hybridized carbons (Fsp3) is 0.278. The van der Waals surface area contributed by atoms with Crippen molar-refractivity contribution in [2.75, 3.05) is 24.2 Å². The molecule has 140 valence electrons. The van der Waals surface area contributed by atoms with Crippen molar-refractivity contribution in [3.63, 3.8) is 0 Å². The van der Waals surface area contributed by atoms with E-state index in [1.165, 1.54) is 7.05 Å². The molecule has 0 bridgehead atoms. The third-order valence-corrected chi connectivity index (χ3v) is 3.23. The fourth-order valence-corrected chi connectivity index (χ4v) is 2.08. The summed E-state index contributed by atoms with van der Waals surface area (Å²) < 4.78 is 0. The summed E-state index contributed by atoms with van der Waals surface area (Å²) in [5.74, 6) is -0.400. The Bertz CT molecular complexity index is 704. The van der Waals surface area contributed by atoms with Gasteiger partial charge in [-0.15, -0.1) is 0 Å². The molecule has 6 N–H and O–H groups in total. The quantitative estimate of drug-likeness (QED) is 0.483. The first-order valence-corrected chi connectivity index (χ1v) is 8.24. The number of carbonyl (C=O) groups excluding carboxylic acids is 1. The van der Waals surface area contributed by atoms with E-state index in [4.69, 9.17) is 5.11 Å². The predicted octanol–water partition coefficient (Wildman–Crippen LogP) is 2.50. The van der Waals surface area contributed by atoms with Crippen LogP contribution in [0.2, 0.25) is 0 Å². The number of para-hydroxylation sites is 2. The van der Waals surface area contributed by atoms with Crippen LogP contribution in [0.1, 0.15) is 29.4 Å². The second-order valence-electron chi connectivity index (χ2n) is 5.16. The molecular weight excluding hydrogens is 334 g/mol. The molecule has 8 heteroatoms. The maximum Gasteiger partial charge on any atom is 0.409 e. The van der Waals surface area contributed by atoms with Gasteiger partial charge in [0.15, 0.2) is 0 Å². The third kappa shape index (κ3) is 6.88. The van der Waals surface area contributed by atoms with Crippen molar-refractivity contribution in [3.05, 3.63) is 53.9 Å². The smallest absolute Gasteiger partial charge is 0.409 e. The predicted molar refractivity (Wildman–Crippen MR) is 102 cm³/mol. The zero-order valence-electron chi connectivity index (χ0n) is 15.0. The maximum atomic E-state index is 12.3.